The lowest BCUT2D eigenvalue weighted by Crippen LogP contribution is -2.22. The van der Waals surface area contributed by atoms with E-state index in [0.29, 0.717) is 0 Å². The number of nitrogens with one attached hydrogen (secondary N) is 1. The first kappa shape index (κ1) is 18.5. The van der Waals surface area contributed by atoms with Crippen molar-refractivity contribution in [2.45, 2.75) is 39.5 Å². The fourth-order valence-corrected chi connectivity index (χ4v) is 4.13. The summed E-state index contributed by atoms with van der Waals surface area (Å²) in [5.74, 6) is 0.0453. The van der Waals surface area contributed by atoms with E-state index in [1.807, 2.05) is 6.07 Å². The summed E-state index contributed by atoms with van der Waals surface area (Å²) >= 11 is 0. The molecule has 1 aliphatic rings. The first-order valence-corrected chi connectivity index (χ1v) is 9.92. The van der Waals surface area contributed by atoms with Crippen molar-refractivity contribution in [3.63, 3.8) is 0 Å². The van der Waals surface area contributed by atoms with Crippen LogP contribution in [0.4, 0.5) is 5.69 Å². The molecule has 142 valence electrons. The molecule has 4 rings (SSSR count). The molecule has 0 spiro atoms. The summed E-state index contributed by atoms with van der Waals surface area (Å²) in [4.78, 5) is 13.2. The van der Waals surface area contributed by atoms with Crippen molar-refractivity contribution >= 4 is 11.6 Å². The predicted octanol–water partition coefficient (Wildman–Crippen LogP) is 5.86. The Kier molecular flexibility index (Phi) is 4.58. The van der Waals surface area contributed by atoms with E-state index >= 15 is 0 Å². The number of benzene rings is 3. The molecule has 1 amide bonds. The Morgan fingerprint density at radius 3 is 1.82 bits per heavy atom. The highest BCUT2D eigenvalue weighted by molar-refractivity contribution is 5.97. The minimum atomic E-state index is -0.231. The number of hydrogen-bond acceptors (Lipinski definition) is 1. The number of carbonyl (C=O) groups excluding carboxylic acids is 1. The third kappa shape index (κ3) is 3.24. The molecule has 1 atom stereocenters. The van der Waals surface area contributed by atoms with Crippen molar-refractivity contribution in [3.8, 4) is 0 Å². The zero-order valence-corrected chi connectivity index (χ0v) is 17.0. The van der Waals surface area contributed by atoms with Gasteiger partial charge in [0.05, 0.1) is 5.92 Å². The summed E-state index contributed by atoms with van der Waals surface area (Å²) in [6.07, 6.45) is 0.843. The number of carbonyl (C=O) groups is 1. The van der Waals surface area contributed by atoms with E-state index in [1.54, 1.807) is 0 Å². The Labute approximate surface area is 167 Å². The Morgan fingerprint density at radius 1 is 0.786 bits per heavy atom. The van der Waals surface area contributed by atoms with Gasteiger partial charge in [-0.3, -0.25) is 4.79 Å². The molecular formula is C26H27NO. The first-order chi connectivity index (χ1) is 13.4. The fraction of sp³-hybridized carbons (Fsp3) is 0.269. The molecule has 0 heterocycles. The molecule has 1 saturated carbocycles. The topological polar surface area (TPSA) is 29.1 Å². The molecule has 3 aromatic rings. The average molecular weight is 370 g/mol. The van der Waals surface area contributed by atoms with Crippen LogP contribution in [0.25, 0.3) is 0 Å². The average Bonchev–Trinajstić information content (AvgIpc) is 3.43. The van der Waals surface area contributed by atoms with Crippen LogP contribution in [-0.4, -0.2) is 5.91 Å². The second-order valence-corrected chi connectivity index (χ2v) is 8.25. The highest BCUT2D eigenvalue weighted by Crippen LogP contribution is 2.59. The summed E-state index contributed by atoms with van der Waals surface area (Å²) < 4.78 is 0. The van der Waals surface area contributed by atoms with Gasteiger partial charge < -0.3 is 5.32 Å². The second kappa shape index (κ2) is 6.94. The van der Waals surface area contributed by atoms with Gasteiger partial charge in [-0.15, -0.1) is 0 Å². The maximum atomic E-state index is 13.2. The Bertz CT molecular complexity index is 970. The molecule has 1 fully saturated rings. The summed E-state index contributed by atoms with van der Waals surface area (Å²) in [6.45, 7) is 8.35. The van der Waals surface area contributed by atoms with E-state index in [2.05, 4.69) is 93.7 Å². The molecule has 0 unspecified atom stereocenters. The molecule has 0 aromatic heterocycles. The van der Waals surface area contributed by atoms with E-state index in [9.17, 15) is 4.79 Å². The maximum absolute atomic E-state index is 13.2. The van der Waals surface area contributed by atoms with Crippen LogP contribution in [0.3, 0.4) is 0 Å². The second-order valence-electron chi connectivity index (χ2n) is 8.25. The largest absolute Gasteiger partial charge is 0.326 e. The van der Waals surface area contributed by atoms with E-state index in [1.165, 1.54) is 33.4 Å². The molecule has 28 heavy (non-hydrogen) atoms. The van der Waals surface area contributed by atoms with Crippen molar-refractivity contribution in [2.24, 2.45) is 5.92 Å². The standard InChI is InChI=1S/C26H27NO/c1-17-5-10-21(11-6-17)26(22-12-7-18(2)8-13-22)16-24(26)25(28)27-23-14-9-19(3)20(4)15-23/h5-15,24H,16H2,1-4H3,(H,27,28)/t24-/m0/s1. The van der Waals surface area contributed by atoms with Gasteiger partial charge in [0.25, 0.3) is 0 Å². The third-order valence-electron chi connectivity index (χ3n) is 6.19. The summed E-state index contributed by atoms with van der Waals surface area (Å²) in [5, 5.41) is 3.15. The smallest absolute Gasteiger partial charge is 0.228 e. The molecule has 0 bridgehead atoms. The quantitative estimate of drug-likeness (QED) is 0.613. The minimum absolute atomic E-state index is 0.0560. The zero-order valence-electron chi connectivity index (χ0n) is 17.0. The van der Waals surface area contributed by atoms with Crippen LogP contribution in [0.2, 0.25) is 0 Å². The minimum Gasteiger partial charge on any atom is -0.326 e. The lowest BCUT2D eigenvalue weighted by Gasteiger charge is -2.20. The zero-order chi connectivity index (χ0) is 19.9. The lowest BCUT2D eigenvalue weighted by molar-refractivity contribution is -0.117. The number of hydrogen-bond donors (Lipinski definition) is 1. The van der Waals surface area contributed by atoms with Gasteiger partial charge in [0, 0.05) is 11.1 Å². The Balaban J connectivity index is 1.66. The van der Waals surface area contributed by atoms with Crippen LogP contribution in [0.5, 0.6) is 0 Å². The fourth-order valence-electron chi connectivity index (χ4n) is 4.13. The molecule has 0 radical (unpaired) electrons. The molecule has 2 nitrogen and oxygen atoms in total. The van der Waals surface area contributed by atoms with Gasteiger partial charge in [0.15, 0.2) is 0 Å². The van der Waals surface area contributed by atoms with Crippen LogP contribution < -0.4 is 5.32 Å². The molecule has 0 saturated heterocycles. The van der Waals surface area contributed by atoms with Gasteiger partial charge >= 0.3 is 0 Å². The van der Waals surface area contributed by atoms with Crippen LogP contribution >= 0.6 is 0 Å². The normalized spacial score (nSPS) is 17.2. The molecule has 1 N–H and O–H groups in total. The van der Waals surface area contributed by atoms with Crippen molar-refractivity contribution < 1.29 is 4.79 Å². The highest BCUT2D eigenvalue weighted by Gasteiger charge is 2.60. The van der Waals surface area contributed by atoms with Gasteiger partial charge in [0.2, 0.25) is 5.91 Å². The van der Waals surface area contributed by atoms with Crippen LogP contribution in [0, 0.1) is 33.6 Å². The number of aryl methyl sites for hydroxylation is 4. The Morgan fingerprint density at radius 2 is 1.32 bits per heavy atom. The van der Waals surface area contributed by atoms with Crippen molar-refractivity contribution in [1.82, 2.24) is 0 Å². The van der Waals surface area contributed by atoms with E-state index in [-0.39, 0.29) is 17.2 Å². The van der Waals surface area contributed by atoms with E-state index in [4.69, 9.17) is 0 Å². The first-order valence-electron chi connectivity index (χ1n) is 9.92. The third-order valence-corrected chi connectivity index (χ3v) is 6.19. The Hall–Kier alpha value is -2.87. The molecule has 3 aromatic carbocycles. The van der Waals surface area contributed by atoms with Gasteiger partial charge in [0.1, 0.15) is 0 Å². The van der Waals surface area contributed by atoms with Crippen molar-refractivity contribution in [2.75, 3.05) is 5.32 Å². The molecule has 2 heteroatoms. The molecule has 1 aliphatic carbocycles. The van der Waals surface area contributed by atoms with Gasteiger partial charge in [-0.2, -0.15) is 0 Å². The van der Waals surface area contributed by atoms with Gasteiger partial charge in [-0.1, -0.05) is 65.7 Å². The lowest BCUT2D eigenvalue weighted by atomic mass is 9.85. The van der Waals surface area contributed by atoms with E-state index < -0.39 is 0 Å². The van der Waals surface area contributed by atoms with Crippen molar-refractivity contribution in [3.05, 3.63) is 100 Å². The van der Waals surface area contributed by atoms with Crippen LogP contribution in [0.15, 0.2) is 66.7 Å². The predicted molar refractivity (Wildman–Crippen MR) is 116 cm³/mol. The maximum Gasteiger partial charge on any atom is 0.228 e. The number of amides is 1. The van der Waals surface area contributed by atoms with Gasteiger partial charge in [-0.25, -0.2) is 0 Å². The monoisotopic (exact) mass is 369 g/mol. The summed E-state index contributed by atoms with van der Waals surface area (Å²) in [5.41, 5.74) is 7.99. The highest BCUT2D eigenvalue weighted by atomic mass is 16.2. The molecular weight excluding hydrogens is 342 g/mol. The van der Waals surface area contributed by atoms with Crippen molar-refractivity contribution in [1.29, 1.82) is 0 Å². The van der Waals surface area contributed by atoms with Gasteiger partial charge in [-0.05, 0) is 68.5 Å². The SMILES string of the molecule is Cc1ccc(C2(c3ccc(C)cc3)C[C@H]2C(=O)Nc2ccc(C)c(C)c2)cc1. The van der Waals surface area contributed by atoms with E-state index in [0.717, 1.165) is 12.1 Å². The van der Waals surface area contributed by atoms with Crippen LogP contribution in [0.1, 0.15) is 39.8 Å². The summed E-state index contributed by atoms with van der Waals surface area (Å²) in [7, 11) is 0. The summed E-state index contributed by atoms with van der Waals surface area (Å²) in [6, 6.07) is 23.4. The number of rotatable bonds is 4. The molecule has 0 aliphatic heterocycles. The number of anilines is 1. The van der Waals surface area contributed by atoms with Crippen LogP contribution in [-0.2, 0) is 10.2 Å².